The monoisotopic (exact) mass is 325 g/mol. The third kappa shape index (κ3) is 4.82. The summed E-state index contributed by atoms with van der Waals surface area (Å²) >= 11 is 0. The molecule has 124 valence electrons. The van der Waals surface area contributed by atoms with E-state index in [2.05, 4.69) is 15.5 Å². The van der Waals surface area contributed by atoms with Crippen LogP contribution in [0.5, 0.6) is 0 Å². The minimum absolute atomic E-state index is 0.000617. The second kappa shape index (κ2) is 7.77. The van der Waals surface area contributed by atoms with E-state index < -0.39 is 23.6 Å². The minimum atomic E-state index is -0.632. The van der Waals surface area contributed by atoms with Crippen LogP contribution in [0.1, 0.15) is 36.7 Å². The summed E-state index contributed by atoms with van der Waals surface area (Å²) in [4.78, 5) is 15.8. The van der Waals surface area contributed by atoms with Crippen molar-refractivity contribution in [3.63, 3.8) is 0 Å². The highest BCUT2D eigenvalue weighted by Crippen LogP contribution is 2.21. The molecule has 1 heterocycles. The number of amides is 1. The van der Waals surface area contributed by atoms with Crippen LogP contribution in [-0.4, -0.2) is 22.7 Å². The molecule has 1 amide bonds. The van der Waals surface area contributed by atoms with Gasteiger partial charge in [0.05, 0.1) is 6.04 Å². The average Bonchev–Trinajstić information content (AvgIpc) is 2.93. The first-order chi connectivity index (χ1) is 11.0. The Kier molecular flexibility index (Phi) is 5.75. The molecule has 0 unspecified atom stereocenters. The third-order valence-corrected chi connectivity index (χ3v) is 3.11. The molecule has 0 bridgehead atoms. The van der Waals surface area contributed by atoms with Gasteiger partial charge in [0.25, 0.3) is 5.89 Å². The average molecular weight is 325 g/mol. The van der Waals surface area contributed by atoms with Gasteiger partial charge in [-0.25, -0.2) is 8.78 Å². The second-order valence-electron chi connectivity index (χ2n) is 4.92. The van der Waals surface area contributed by atoms with Gasteiger partial charge in [0, 0.05) is 5.56 Å². The lowest BCUT2D eigenvalue weighted by Crippen LogP contribution is -2.32. The molecule has 0 saturated heterocycles. The van der Waals surface area contributed by atoms with Crippen LogP contribution >= 0.6 is 0 Å². The molecule has 0 radical (unpaired) electrons. The highest BCUT2D eigenvalue weighted by atomic mass is 19.1. The van der Waals surface area contributed by atoms with Gasteiger partial charge in [0.2, 0.25) is 5.91 Å². The maximum atomic E-state index is 13.8. The van der Waals surface area contributed by atoms with Gasteiger partial charge in [-0.1, -0.05) is 12.1 Å². The molecule has 23 heavy (non-hydrogen) atoms. The summed E-state index contributed by atoms with van der Waals surface area (Å²) in [6, 6.07) is 2.51. The number of benzene rings is 1. The van der Waals surface area contributed by atoms with E-state index in [1.165, 1.54) is 0 Å². The van der Waals surface area contributed by atoms with Gasteiger partial charge in [0.15, 0.2) is 5.82 Å². The number of halogens is 2. The number of aryl methyl sites for hydroxylation is 1. The summed E-state index contributed by atoms with van der Waals surface area (Å²) in [5.74, 6) is -0.839. The molecule has 1 N–H and O–H groups in total. The Bertz CT molecular complexity index is 676. The number of nitrogens with zero attached hydrogens (tertiary/aromatic N) is 2. The Labute approximate surface area is 131 Å². The van der Waals surface area contributed by atoms with Crippen molar-refractivity contribution in [3.05, 3.63) is 47.1 Å². The number of hydrogen-bond donors (Lipinski definition) is 1. The zero-order chi connectivity index (χ0) is 16.8. The number of aromatic nitrogens is 2. The highest BCUT2D eigenvalue weighted by molar-refractivity contribution is 5.77. The Morgan fingerprint density at radius 3 is 2.87 bits per heavy atom. The van der Waals surface area contributed by atoms with Crippen molar-refractivity contribution in [1.29, 1.82) is 0 Å². The summed E-state index contributed by atoms with van der Waals surface area (Å²) in [6.07, 6.45) is 0.412. The molecule has 1 atom stereocenters. The van der Waals surface area contributed by atoms with Crippen LogP contribution in [0.3, 0.4) is 0 Å². The molecule has 0 fully saturated rings. The first-order valence-electron chi connectivity index (χ1n) is 7.10. The summed E-state index contributed by atoms with van der Waals surface area (Å²) in [5.41, 5.74) is 0.105. The zero-order valence-electron chi connectivity index (χ0n) is 12.8. The first-order valence-corrected chi connectivity index (χ1v) is 7.10. The molecule has 0 aliphatic heterocycles. The molecule has 0 spiro atoms. The van der Waals surface area contributed by atoms with E-state index in [0.717, 1.165) is 18.2 Å². The fourth-order valence-corrected chi connectivity index (χ4v) is 2.05. The maximum Gasteiger partial charge on any atom is 0.252 e. The number of nitrogens with one attached hydrogen (secondary N) is 1. The molecule has 0 saturated carbocycles. The quantitative estimate of drug-likeness (QED) is 0.846. The van der Waals surface area contributed by atoms with Gasteiger partial charge in [-0.05, 0) is 31.5 Å². The summed E-state index contributed by atoms with van der Waals surface area (Å²) < 4.78 is 37.0. The molecule has 0 aliphatic rings. The van der Waals surface area contributed by atoms with E-state index in [-0.39, 0.29) is 24.7 Å². The van der Waals surface area contributed by atoms with E-state index >= 15 is 0 Å². The zero-order valence-corrected chi connectivity index (χ0v) is 12.8. The largest absolute Gasteiger partial charge is 0.362 e. The van der Waals surface area contributed by atoms with Crippen LogP contribution in [0.15, 0.2) is 22.7 Å². The lowest BCUT2D eigenvalue weighted by Gasteiger charge is -2.18. The van der Waals surface area contributed by atoms with Gasteiger partial charge in [-0.2, -0.15) is 4.98 Å². The van der Waals surface area contributed by atoms with Crippen LogP contribution < -0.4 is 5.32 Å². The standard InChI is InChI=1S/C15H17F2N3O3/c1-3-13(11-6-10(16)4-5-12(11)17)19-14(21)7-22-8-15-18-9(2)20-23-15/h4-6,13H,3,7-8H2,1-2H3,(H,19,21)/t13-/m1/s1. The lowest BCUT2D eigenvalue weighted by atomic mass is 10.0. The van der Waals surface area contributed by atoms with Crippen LogP contribution in [-0.2, 0) is 16.1 Å². The molecule has 0 aliphatic carbocycles. The van der Waals surface area contributed by atoms with Crippen LogP contribution in [0, 0.1) is 18.6 Å². The van der Waals surface area contributed by atoms with Crippen LogP contribution in [0.4, 0.5) is 8.78 Å². The summed E-state index contributed by atoms with van der Waals surface area (Å²) in [7, 11) is 0. The van der Waals surface area contributed by atoms with E-state index in [1.54, 1.807) is 13.8 Å². The van der Waals surface area contributed by atoms with E-state index in [9.17, 15) is 13.6 Å². The third-order valence-electron chi connectivity index (χ3n) is 3.11. The van der Waals surface area contributed by atoms with E-state index in [1.807, 2.05) is 0 Å². The van der Waals surface area contributed by atoms with E-state index in [4.69, 9.17) is 9.26 Å². The van der Waals surface area contributed by atoms with E-state index in [0.29, 0.717) is 12.2 Å². The molecule has 2 rings (SSSR count). The number of ether oxygens (including phenoxy) is 1. The van der Waals surface area contributed by atoms with Crippen molar-refractivity contribution >= 4 is 5.91 Å². The fourth-order valence-electron chi connectivity index (χ4n) is 2.05. The molecule has 1 aromatic carbocycles. The number of rotatable bonds is 7. The molecule has 8 heteroatoms. The Hall–Kier alpha value is -2.35. The highest BCUT2D eigenvalue weighted by Gasteiger charge is 2.17. The van der Waals surface area contributed by atoms with Crippen molar-refractivity contribution in [2.75, 3.05) is 6.61 Å². The van der Waals surface area contributed by atoms with Gasteiger partial charge < -0.3 is 14.6 Å². The minimum Gasteiger partial charge on any atom is -0.362 e. The smallest absolute Gasteiger partial charge is 0.252 e. The number of carbonyl (C=O) groups excluding carboxylic acids is 1. The Morgan fingerprint density at radius 1 is 1.43 bits per heavy atom. The number of carbonyl (C=O) groups is 1. The van der Waals surface area contributed by atoms with Crippen LogP contribution in [0.25, 0.3) is 0 Å². The van der Waals surface area contributed by atoms with Crippen molar-refractivity contribution in [2.24, 2.45) is 0 Å². The summed E-state index contributed by atoms with van der Waals surface area (Å²) in [5, 5.41) is 6.20. The van der Waals surface area contributed by atoms with Crippen molar-refractivity contribution in [2.45, 2.75) is 32.9 Å². The maximum absolute atomic E-state index is 13.8. The van der Waals surface area contributed by atoms with Crippen molar-refractivity contribution in [3.8, 4) is 0 Å². The van der Waals surface area contributed by atoms with Gasteiger partial charge in [-0.3, -0.25) is 4.79 Å². The lowest BCUT2D eigenvalue weighted by molar-refractivity contribution is -0.127. The molecule has 1 aromatic heterocycles. The molecule has 2 aromatic rings. The van der Waals surface area contributed by atoms with Gasteiger partial charge in [0.1, 0.15) is 24.8 Å². The molecular formula is C15H17F2N3O3. The normalized spacial score (nSPS) is 12.2. The molecule has 6 nitrogen and oxygen atoms in total. The second-order valence-corrected chi connectivity index (χ2v) is 4.92. The fraction of sp³-hybridized carbons (Fsp3) is 0.400. The summed E-state index contributed by atoms with van der Waals surface area (Å²) in [6.45, 7) is 3.17. The predicted octanol–water partition coefficient (Wildman–Crippen LogP) is 2.44. The predicted molar refractivity (Wildman–Crippen MR) is 76.2 cm³/mol. The van der Waals surface area contributed by atoms with Gasteiger partial charge in [-0.15, -0.1) is 0 Å². The Balaban J connectivity index is 1.88. The molecular weight excluding hydrogens is 308 g/mol. The number of hydrogen-bond acceptors (Lipinski definition) is 5. The Morgan fingerprint density at radius 2 is 2.22 bits per heavy atom. The van der Waals surface area contributed by atoms with Crippen molar-refractivity contribution in [1.82, 2.24) is 15.5 Å². The topological polar surface area (TPSA) is 77.2 Å². The van der Waals surface area contributed by atoms with Gasteiger partial charge >= 0.3 is 0 Å². The first kappa shape index (κ1) is 17.0. The van der Waals surface area contributed by atoms with Crippen LogP contribution in [0.2, 0.25) is 0 Å². The SMILES string of the molecule is CC[C@@H](NC(=O)COCc1nc(C)no1)c1cc(F)ccc1F. The van der Waals surface area contributed by atoms with Crippen molar-refractivity contribution < 1.29 is 22.8 Å².